The molecule has 0 radical (unpaired) electrons. The first-order valence-electron chi connectivity index (χ1n) is 6.43. The number of H-pyrrole nitrogens is 1. The van der Waals surface area contributed by atoms with Crippen molar-refractivity contribution in [1.29, 1.82) is 0 Å². The van der Waals surface area contributed by atoms with Crippen LogP contribution in [0.2, 0.25) is 0 Å². The highest BCUT2D eigenvalue weighted by atomic mass is 16.5. The number of aromatic nitrogens is 2. The van der Waals surface area contributed by atoms with Crippen molar-refractivity contribution in [3.8, 4) is 22.9 Å². The van der Waals surface area contributed by atoms with Crippen LogP contribution in [0.15, 0.2) is 36.4 Å². The van der Waals surface area contributed by atoms with Crippen molar-refractivity contribution in [3.05, 3.63) is 42.0 Å². The van der Waals surface area contributed by atoms with Gasteiger partial charge >= 0.3 is 0 Å². The Labute approximate surface area is 121 Å². The Morgan fingerprint density at radius 2 is 1.86 bits per heavy atom. The van der Waals surface area contributed by atoms with E-state index in [0.717, 1.165) is 22.9 Å². The molecule has 0 bridgehead atoms. The van der Waals surface area contributed by atoms with E-state index in [-0.39, 0.29) is 0 Å². The summed E-state index contributed by atoms with van der Waals surface area (Å²) in [5.74, 6) is 1.72. The van der Waals surface area contributed by atoms with Crippen LogP contribution in [0, 0.1) is 0 Å². The number of fused-ring (bicyclic) bond motifs is 1. The summed E-state index contributed by atoms with van der Waals surface area (Å²) >= 11 is 0. The molecule has 0 atom stereocenters. The molecule has 3 aromatic rings. The number of hydrogen-bond donors (Lipinski definition) is 1. The summed E-state index contributed by atoms with van der Waals surface area (Å²) in [4.78, 5) is 18.9. The number of hydrogen-bond acceptors (Lipinski definition) is 4. The molecule has 21 heavy (non-hydrogen) atoms. The molecule has 0 unspecified atom stereocenters. The number of rotatable bonds is 4. The van der Waals surface area contributed by atoms with Crippen molar-refractivity contribution >= 4 is 17.3 Å². The van der Waals surface area contributed by atoms with E-state index in [4.69, 9.17) is 9.47 Å². The normalized spacial score (nSPS) is 10.6. The van der Waals surface area contributed by atoms with Gasteiger partial charge in [0.25, 0.3) is 0 Å². The molecule has 0 aliphatic heterocycles. The van der Waals surface area contributed by atoms with E-state index in [9.17, 15) is 4.79 Å². The minimum absolute atomic E-state index is 0.453. The number of para-hydroxylation sites is 2. The van der Waals surface area contributed by atoms with Gasteiger partial charge in [0.1, 0.15) is 17.3 Å². The monoisotopic (exact) mass is 282 g/mol. The minimum Gasteiger partial charge on any atom is -0.496 e. The fourth-order valence-corrected chi connectivity index (χ4v) is 2.28. The van der Waals surface area contributed by atoms with Crippen molar-refractivity contribution in [2.24, 2.45) is 0 Å². The summed E-state index contributed by atoms with van der Waals surface area (Å²) in [5.41, 5.74) is 2.96. The lowest BCUT2D eigenvalue weighted by Gasteiger charge is -2.10. The second-order valence-corrected chi connectivity index (χ2v) is 4.51. The highest BCUT2D eigenvalue weighted by Gasteiger charge is 2.15. The molecule has 0 amide bonds. The molecule has 0 aliphatic rings. The van der Waals surface area contributed by atoms with Gasteiger partial charge in [-0.05, 0) is 18.2 Å². The van der Waals surface area contributed by atoms with Crippen LogP contribution in [0.1, 0.15) is 10.4 Å². The Hall–Kier alpha value is -2.82. The van der Waals surface area contributed by atoms with Gasteiger partial charge in [0.2, 0.25) is 0 Å². The molecular formula is C16H14N2O3. The Balaban J connectivity index is 2.22. The van der Waals surface area contributed by atoms with Gasteiger partial charge in [-0.3, -0.25) is 4.79 Å². The van der Waals surface area contributed by atoms with Gasteiger partial charge in [0.05, 0.1) is 36.4 Å². The lowest BCUT2D eigenvalue weighted by atomic mass is 10.1. The number of benzene rings is 2. The molecule has 0 fully saturated rings. The molecule has 1 heterocycles. The van der Waals surface area contributed by atoms with Gasteiger partial charge < -0.3 is 14.5 Å². The predicted octanol–water partition coefficient (Wildman–Crippen LogP) is 3.06. The first-order chi connectivity index (χ1) is 10.3. The van der Waals surface area contributed by atoms with Crippen LogP contribution in [0.4, 0.5) is 0 Å². The van der Waals surface area contributed by atoms with Crippen molar-refractivity contribution in [3.63, 3.8) is 0 Å². The second kappa shape index (κ2) is 5.28. The number of aromatic amines is 1. The third-order valence-corrected chi connectivity index (χ3v) is 3.32. The first-order valence-corrected chi connectivity index (χ1v) is 6.43. The van der Waals surface area contributed by atoms with Gasteiger partial charge in [-0.25, -0.2) is 4.98 Å². The van der Waals surface area contributed by atoms with Crippen LogP contribution in [0.25, 0.3) is 22.4 Å². The summed E-state index contributed by atoms with van der Waals surface area (Å²) in [7, 11) is 3.09. The fraction of sp³-hybridized carbons (Fsp3) is 0.125. The van der Waals surface area contributed by atoms with Gasteiger partial charge in [0.15, 0.2) is 6.29 Å². The zero-order valence-corrected chi connectivity index (χ0v) is 11.7. The molecule has 1 aromatic heterocycles. The van der Waals surface area contributed by atoms with Crippen LogP contribution in [0.3, 0.4) is 0 Å². The molecule has 1 N–H and O–H groups in total. The predicted molar refractivity (Wildman–Crippen MR) is 80.0 cm³/mol. The third kappa shape index (κ3) is 2.23. The number of imidazole rings is 1. The van der Waals surface area contributed by atoms with E-state index in [2.05, 4.69) is 9.97 Å². The Bertz CT molecular complexity index is 775. The van der Waals surface area contributed by atoms with E-state index in [0.29, 0.717) is 22.9 Å². The number of ether oxygens (including phenoxy) is 2. The Kier molecular flexibility index (Phi) is 3.31. The van der Waals surface area contributed by atoms with E-state index in [1.165, 1.54) is 7.11 Å². The average Bonchev–Trinajstić information content (AvgIpc) is 2.97. The molecule has 5 heteroatoms. The van der Waals surface area contributed by atoms with Crippen molar-refractivity contribution in [2.45, 2.75) is 0 Å². The molecule has 3 rings (SSSR count). The van der Waals surface area contributed by atoms with Crippen LogP contribution < -0.4 is 9.47 Å². The maximum atomic E-state index is 11.2. The smallest absolute Gasteiger partial charge is 0.153 e. The number of methoxy groups -OCH3 is 2. The van der Waals surface area contributed by atoms with Crippen molar-refractivity contribution in [1.82, 2.24) is 9.97 Å². The Morgan fingerprint density at radius 3 is 2.52 bits per heavy atom. The van der Waals surface area contributed by atoms with Crippen molar-refractivity contribution in [2.75, 3.05) is 14.2 Å². The van der Waals surface area contributed by atoms with Crippen LogP contribution in [-0.2, 0) is 0 Å². The van der Waals surface area contributed by atoms with Gasteiger partial charge in [-0.1, -0.05) is 12.1 Å². The second-order valence-electron chi connectivity index (χ2n) is 4.51. The molecule has 0 aliphatic carbocycles. The van der Waals surface area contributed by atoms with E-state index < -0.39 is 0 Å². The SMILES string of the molecule is COc1cc(OC)c(-c2nc3ccccc3[nH]2)cc1C=O. The standard InChI is InChI=1S/C16H14N2O3/c1-20-14-8-15(21-2)11(7-10(14)9-19)16-17-12-5-3-4-6-13(12)18-16/h3-9H,1-2H3,(H,17,18). The lowest BCUT2D eigenvalue weighted by molar-refractivity contribution is 0.112. The lowest BCUT2D eigenvalue weighted by Crippen LogP contribution is -1.96. The first kappa shape index (κ1) is 13.2. The molecule has 0 saturated carbocycles. The number of nitrogens with one attached hydrogen (secondary N) is 1. The molecule has 106 valence electrons. The summed E-state index contributed by atoms with van der Waals surface area (Å²) in [6, 6.07) is 11.1. The highest BCUT2D eigenvalue weighted by molar-refractivity contribution is 5.86. The topological polar surface area (TPSA) is 64.2 Å². The quantitative estimate of drug-likeness (QED) is 0.747. The van der Waals surface area contributed by atoms with E-state index in [1.54, 1.807) is 19.2 Å². The van der Waals surface area contributed by atoms with Crippen molar-refractivity contribution < 1.29 is 14.3 Å². The van der Waals surface area contributed by atoms with Crippen LogP contribution >= 0.6 is 0 Å². The number of carbonyl (C=O) groups is 1. The summed E-state index contributed by atoms with van der Waals surface area (Å²) in [6.45, 7) is 0. The summed E-state index contributed by atoms with van der Waals surface area (Å²) < 4.78 is 10.6. The molecule has 2 aromatic carbocycles. The van der Waals surface area contributed by atoms with Gasteiger partial charge in [0, 0.05) is 6.07 Å². The third-order valence-electron chi connectivity index (χ3n) is 3.32. The molecule has 5 nitrogen and oxygen atoms in total. The maximum absolute atomic E-state index is 11.2. The van der Waals surface area contributed by atoms with Crippen LogP contribution in [-0.4, -0.2) is 30.5 Å². The summed E-state index contributed by atoms with van der Waals surface area (Å²) in [5, 5.41) is 0. The van der Waals surface area contributed by atoms with E-state index in [1.807, 2.05) is 24.3 Å². The fourth-order valence-electron chi connectivity index (χ4n) is 2.28. The Morgan fingerprint density at radius 1 is 1.10 bits per heavy atom. The highest BCUT2D eigenvalue weighted by Crippen LogP contribution is 2.34. The molecular weight excluding hydrogens is 268 g/mol. The minimum atomic E-state index is 0.453. The number of nitrogens with zero attached hydrogens (tertiary/aromatic N) is 1. The van der Waals surface area contributed by atoms with Gasteiger partial charge in [-0.15, -0.1) is 0 Å². The number of carbonyl (C=O) groups excluding carboxylic acids is 1. The zero-order valence-electron chi connectivity index (χ0n) is 11.7. The maximum Gasteiger partial charge on any atom is 0.153 e. The largest absolute Gasteiger partial charge is 0.496 e. The van der Waals surface area contributed by atoms with Crippen LogP contribution in [0.5, 0.6) is 11.5 Å². The van der Waals surface area contributed by atoms with Gasteiger partial charge in [-0.2, -0.15) is 0 Å². The number of aldehydes is 1. The van der Waals surface area contributed by atoms with E-state index >= 15 is 0 Å². The molecule has 0 saturated heterocycles. The molecule has 0 spiro atoms. The zero-order chi connectivity index (χ0) is 14.8. The average molecular weight is 282 g/mol. The summed E-state index contributed by atoms with van der Waals surface area (Å²) in [6.07, 6.45) is 0.754.